The van der Waals surface area contributed by atoms with Gasteiger partial charge in [-0.1, -0.05) is 25.3 Å². The second-order valence-electron chi connectivity index (χ2n) is 4.97. The number of rotatable bonds is 3. The third kappa shape index (κ3) is 2.50. The molecule has 4 heteroatoms. The van der Waals surface area contributed by atoms with Crippen LogP contribution in [0.4, 0.5) is 0 Å². The van der Waals surface area contributed by atoms with Crippen LogP contribution >= 0.6 is 0 Å². The normalized spacial score (nSPS) is 19.9. The van der Waals surface area contributed by atoms with Gasteiger partial charge in [-0.2, -0.15) is 0 Å². The van der Waals surface area contributed by atoms with Crippen molar-refractivity contribution in [3.63, 3.8) is 0 Å². The predicted molar refractivity (Wildman–Crippen MR) is 65.8 cm³/mol. The molecule has 0 bridgehead atoms. The van der Waals surface area contributed by atoms with Gasteiger partial charge in [-0.15, -0.1) is 0 Å². The van der Waals surface area contributed by atoms with Gasteiger partial charge in [-0.25, -0.2) is 0 Å². The van der Waals surface area contributed by atoms with Crippen LogP contribution in [0.25, 0.3) is 0 Å². The molecule has 0 aliphatic heterocycles. The van der Waals surface area contributed by atoms with E-state index in [0.717, 1.165) is 0 Å². The Morgan fingerprint density at radius 1 is 1.19 bits per heavy atom. The summed E-state index contributed by atoms with van der Waals surface area (Å²) < 4.78 is 5.23. The smallest absolute Gasteiger partial charge is 0.231 e. The number of ether oxygens (including phenoxy) is 1. The second-order valence-corrected chi connectivity index (χ2v) is 9.99. The molecule has 1 aliphatic rings. The van der Waals surface area contributed by atoms with Gasteiger partial charge in [0.1, 0.15) is 0 Å². The molecule has 0 atom stereocenters. The fourth-order valence-corrected chi connectivity index (χ4v) is 2.71. The molecule has 3 nitrogen and oxygen atoms in total. The Labute approximate surface area is 97.2 Å². The van der Waals surface area contributed by atoms with E-state index in [4.69, 9.17) is 4.74 Å². The Morgan fingerprint density at radius 2 is 1.75 bits per heavy atom. The maximum absolute atomic E-state index is 11.9. The first-order valence-electron chi connectivity index (χ1n) is 5.44. The lowest BCUT2D eigenvalue weighted by atomic mass is 10.2. The number of carbonyl (C=O) groups excluding carboxylic acids is 2. The van der Waals surface area contributed by atoms with Crippen molar-refractivity contribution in [3.8, 4) is 0 Å². The minimum Gasteiger partial charge on any atom is -0.489 e. The first kappa shape index (κ1) is 12.9. The molecule has 0 radical (unpaired) electrons. The molecule has 0 aromatic heterocycles. The molecular weight excluding hydrogens is 220 g/mol. The molecule has 0 spiro atoms. The number of allylic oxidation sites excluding steroid dienone is 2. The maximum atomic E-state index is 11.9. The van der Waals surface area contributed by atoms with Crippen molar-refractivity contribution in [2.75, 3.05) is 6.61 Å². The van der Waals surface area contributed by atoms with E-state index in [2.05, 4.69) is 19.6 Å². The third-order valence-electron chi connectivity index (χ3n) is 2.24. The number of hydrogen-bond donors (Lipinski definition) is 0. The van der Waals surface area contributed by atoms with Gasteiger partial charge in [0.05, 0.1) is 20.3 Å². The predicted octanol–water partition coefficient (Wildman–Crippen LogP) is 2.25. The van der Waals surface area contributed by atoms with Gasteiger partial charge in [-0.3, -0.25) is 9.59 Å². The van der Waals surface area contributed by atoms with E-state index in [1.54, 1.807) is 13.8 Å². The summed E-state index contributed by atoms with van der Waals surface area (Å²) in [4.78, 5) is 23.8. The fourth-order valence-electron chi connectivity index (χ4n) is 1.58. The van der Waals surface area contributed by atoms with Gasteiger partial charge < -0.3 is 4.74 Å². The molecule has 0 unspecified atom stereocenters. The van der Waals surface area contributed by atoms with E-state index in [9.17, 15) is 9.59 Å². The molecule has 0 saturated carbocycles. The lowest BCUT2D eigenvalue weighted by Gasteiger charge is -2.10. The van der Waals surface area contributed by atoms with Gasteiger partial charge in [0.25, 0.3) is 0 Å². The molecule has 0 amide bonds. The molecule has 0 N–H and O–H groups in total. The SMILES string of the molecule is CCOC1=C(C)C(=O)/C(=C\[Si](C)(C)C)C1=O. The summed E-state index contributed by atoms with van der Waals surface area (Å²) in [6.07, 6.45) is 0. The van der Waals surface area contributed by atoms with Crippen LogP contribution in [0.15, 0.2) is 22.6 Å². The van der Waals surface area contributed by atoms with Crippen molar-refractivity contribution in [2.24, 2.45) is 0 Å². The fraction of sp³-hybridized carbons (Fsp3) is 0.500. The first-order chi connectivity index (χ1) is 7.28. The summed E-state index contributed by atoms with van der Waals surface area (Å²) in [7, 11) is -1.57. The van der Waals surface area contributed by atoms with Crippen molar-refractivity contribution in [1.82, 2.24) is 0 Å². The van der Waals surface area contributed by atoms with Gasteiger partial charge in [-0.05, 0) is 13.8 Å². The van der Waals surface area contributed by atoms with Crippen molar-refractivity contribution in [3.05, 3.63) is 22.6 Å². The summed E-state index contributed by atoms with van der Waals surface area (Å²) in [6, 6.07) is 0. The average molecular weight is 238 g/mol. The summed E-state index contributed by atoms with van der Waals surface area (Å²) in [6.45, 7) is 10.1. The largest absolute Gasteiger partial charge is 0.489 e. The molecule has 1 rings (SSSR count). The Balaban J connectivity index is 3.12. The summed E-state index contributed by atoms with van der Waals surface area (Å²) in [5.74, 6) is -0.181. The van der Waals surface area contributed by atoms with E-state index >= 15 is 0 Å². The zero-order valence-electron chi connectivity index (χ0n) is 10.5. The van der Waals surface area contributed by atoms with Crippen LogP contribution in [0, 0.1) is 0 Å². The quantitative estimate of drug-likeness (QED) is 0.430. The first-order valence-corrected chi connectivity index (χ1v) is 9.01. The summed E-state index contributed by atoms with van der Waals surface area (Å²) in [5, 5.41) is 0. The van der Waals surface area contributed by atoms with Crippen LogP contribution in [-0.2, 0) is 14.3 Å². The highest BCUT2D eigenvalue weighted by Crippen LogP contribution is 2.26. The van der Waals surface area contributed by atoms with E-state index in [0.29, 0.717) is 17.8 Å². The molecular formula is C12H18O3Si. The van der Waals surface area contributed by atoms with E-state index in [-0.39, 0.29) is 17.3 Å². The van der Waals surface area contributed by atoms with Crippen molar-refractivity contribution in [2.45, 2.75) is 33.5 Å². The van der Waals surface area contributed by atoms with Gasteiger partial charge in [0, 0.05) is 5.57 Å². The van der Waals surface area contributed by atoms with Gasteiger partial charge >= 0.3 is 0 Å². The molecule has 0 saturated heterocycles. The topological polar surface area (TPSA) is 43.4 Å². The van der Waals surface area contributed by atoms with E-state index in [1.807, 2.05) is 5.70 Å². The summed E-state index contributed by atoms with van der Waals surface area (Å²) in [5.41, 5.74) is 2.60. The standard InChI is InChI=1S/C12H18O3Si/c1-6-15-12-8(2)10(13)9(11(12)14)7-16(3,4)5/h7H,6H2,1-5H3/b9-7+. The van der Waals surface area contributed by atoms with Crippen LogP contribution < -0.4 is 0 Å². The third-order valence-corrected chi connectivity index (χ3v) is 3.40. The Bertz CT molecular complexity index is 397. The molecule has 88 valence electrons. The highest BCUT2D eigenvalue weighted by molar-refractivity contribution is 6.82. The number of carbonyl (C=O) groups is 2. The summed E-state index contributed by atoms with van der Waals surface area (Å²) >= 11 is 0. The molecule has 16 heavy (non-hydrogen) atoms. The van der Waals surface area contributed by atoms with E-state index < -0.39 is 8.07 Å². The molecule has 0 fully saturated rings. The highest BCUT2D eigenvalue weighted by atomic mass is 28.3. The maximum Gasteiger partial charge on any atom is 0.231 e. The van der Waals surface area contributed by atoms with Gasteiger partial charge in [0.2, 0.25) is 5.78 Å². The molecule has 1 aliphatic carbocycles. The minimum atomic E-state index is -1.57. The highest BCUT2D eigenvalue weighted by Gasteiger charge is 2.35. The monoisotopic (exact) mass is 238 g/mol. The molecule has 0 heterocycles. The molecule has 0 aromatic carbocycles. The van der Waals surface area contributed by atoms with Crippen LogP contribution in [0.3, 0.4) is 0 Å². The van der Waals surface area contributed by atoms with Crippen LogP contribution in [0.5, 0.6) is 0 Å². The number of hydrogen-bond acceptors (Lipinski definition) is 3. The van der Waals surface area contributed by atoms with Crippen molar-refractivity contribution >= 4 is 19.6 Å². The van der Waals surface area contributed by atoms with Crippen LogP contribution in [0.2, 0.25) is 19.6 Å². The van der Waals surface area contributed by atoms with Crippen LogP contribution in [-0.4, -0.2) is 26.2 Å². The molecule has 0 aromatic rings. The Kier molecular flexibility index (Phi) is 3.53. The zero-order chi connectivity index (χ0) is 12.5. The minimum absolute atomic E-state index is 0.170. The van der Waals surface area contributed by atoms with Crippen molar-refractivity contribution < 1.29 is 14.3 Å². The number of ketones is 2. The van der Waals surface area contributed by atoms with Crippen LogP contribution in [0.1, 0.15) is 13.8 Å². The van der Waals surface area contributed by atoms with Crippen molar-refractivity contribution in [1.29, 1.82) is 0 Å². The van der Waals surface area contributed by atoms with Gasteiger partial charge in [0.15, 0.2) is 11.5 Å². The van der Waals surface area contributed by atoms with E-state index in [1.165, 1.54) is 0 Å². The second kappa shape index (κ2) is 4.37. The Hall–Kier alpha value is -1.16. The lowest BCUT2D eigenvalue weighted by Crippen LogP contribution is -2.20. The Morgan fingerprint density at radius 3 is 2.19 bits per heavy atom. The number of Topliss-reactive ketones (excluding diaryl/α,β-unsaturated/α-hetero) is 2. The zero-order valence-corrected chi connectivity index (χ0v) is 11.5. The average Bonchev–Trinajstić information content (AvgIpc) is 2.33. The lowest BCUT2D eigenvalue weighted by molar-refractivity contribution is -0.117.